The molecule has 0 aliphatic carbocycles. The molecular formula is C27H27F6N5O4. The summed E-state index contributed by atoms with van der Waals surface area (Å²) in [5.41, 5.74) is -2.70. The Bertz CT molecular complexity index is 1390. The van der Waals surface area contributed by atoms with E-state index in [1.165, 1.54) is 23.0 Å². The molecule has 1 aliphatic rings. The van der Waals surface area contributed by atoms with Crippen molar-refractivity contribution in [1.29, 1.82) is 0 Å². The molecule has 0 saturated carbocycles. The van der Waals surface area contributed by atoms with Crippen LogP contribution in [0.15, 0.2) is 42.7 Å². The average molecular weight is 600 g/mol. The van der Waals surface area contributed by atoms with E-state index >= 15 is 0 Å². The van der Waals surface area contributed by atoms with Crippen LogP contribution in [0.25, 0.3) is 0 Å². The molecule has 1 N–H and O–H groups in total. The Balaban J connectivity index is 1.91. The Labute approximate surface area is 236 Å². The second-order valence-corrected chi connectivity index (χ2v) is 9.42. The number of carbonyl (C=O) groups is 1. The number of alkyl halides is 6. The van der Waals surface area contributed by atoms with E-state index in [2.05, 4.69) is 15.0 Å². The van der Waals surface area contributed by atoms with Crippen molar-refractivity contribution in [3.63, 3.8) is 0 Å². The summed E-state index contributed by atoms with van der Waals surface area (Å²) in [5.74, 6) is -0.248. The monoisotopic (exact) mass is 599 g/mol. The third-order valence-electron chi connectivity index (χ3n) is 6.72. The summed E-state index contributed by atoms with van der Waals surface area (Å²) in [6.45, 7) is 3.06. The maximum atomic E-state index is 13.6. The van der Waals surface area contributed by atoms with Gasteiger partial charge in [0.15, 0.2) is 5.75 Å². The van der Waals surface area contributed by atoms with Gasteiger partial charge in [0.2, 0.25) is 11.8 Å². The van der Waals surface area contributed by atoms with Crippen molar-refractivity contribution in [3.05, 3.63) is 65.1 Å². The highest BCUT2D eigenvalue weighted by Gasteiger charge is 2.42. The van der Waals surface area contributed by atoms with Crippen LogP contribution in [-0.4, -0.2) is 45.9 Å². The van der Waals surface area contributed by atoms with Crippen LogP contribution < -0.4 is 14.5 Å². The van der Waals surface area contributed by atoms with Gasteiger partial charge in [-0.1, -0.05) is 6.92 Å². The number of nitrogens with zero attached hydrogens (tertiary/aromatic N) is 5. The lowest BCUT2D eigenvalue weighted by molar-refractivity contribution is -0.143. The number of aromatic nitrogens is 3. The molecule has 1 aromatic carbocycles. The molecule has 1 aliphatic heterocycles. The van der Waals surface area contributed by atoms with Gasteiger partial charge in [0.05, 0.1) is 54.7 Å². The molecular weight excluding hydrogens is 572 g/mol. The first-order chi connectivity index (χ1) is 19.8. The van der Waals surface area contributed by atoms with E-state index in [1.54, 1.807) is 13.0 Å². The number of methoxy groups -OCH3 is 1. The number of hydrogen-bond acceptors (Lipinski definition) is 8. The van der Waals surface area contributed by atoms with Gasteiger partial charge in [0.25, 0.3) is 0 Å². The zero-order valence-electron chi connectivity index (χ0n) is 22.7. The summed E-state index contributed by atoms with van der Waals surface area (Å²) in [5, 5.41) is 9.76. The fourth-order valence-electron chi connectivity index (χ4n) is 4.84. The van der Waals surface area contributed by atoms with Crippen LogP contribution in [0.3, 0.4) is 0 Å². The van der Waals surface area contributed by atoms with Crippen LogP contribution >= 0.6 is 0 Å². The molecule has 3 aromatic rings. The third-order valence-corrected chi connectivity index (χ3v) is 6.72. The minimum absolute atomic E-state index is 0.0531. The standard InChI is InChI=1S/C27H27F6N5O4/c1-4-18-11-21(23-20(6-7-22(36-23)41-3)38(18)25(40)42-5-2)37(24-34-12-19(39)13-35-24)14-15-8-16(26(28,29)30)10-17(9-15)27(31,32)33/h6-10,12-13,18,21,39H,4-5,11,14H2,1-3H3/t18-,21+/m1/s1. The van der Waals surface area contributed by atoms with Crippen molar-refractivity contribution in [2.24, 2.45) is 0 Å². The smallest absolute Gasteiger partial charge is 0.416 e. The van der Waals surface area contributed by atoms with Crippen LogP contribution in [0, 0.1) is 0 Å². The highest BCUT2D eigenvalue weighted by Crippen LogP contribution is 2.44. The second-order valence-electron chi connectivity index (χ2n) is 9.42. The van der Waals surface area contributed by atoms with Gasteiger partial charge in [0.1, 0.15) is 0 Å². The second kappa shape index (κ2) is 11.9. The van der Waals surface area contributed by atoms with Crippen molar-refractivity contribution in [3.8, 4) is 11.6 Å². The highest BCUT2D eigenvalue weighted by molar-refractivity contribution is 5.90. The van der Waals surface area contributed by atoms with Crippen LogP contribution in [0.5, 0.6) is 11.6 Å². The lowest BCUT2D eigenvalue weighted by Crippen LogP contribution is -2.48. The largest absolute Gasteiger partial charge is 0.505 e. The van der Waals surface area contributed by atoms with E-state index in [-0.39, 0.29) is 47.9 Å². The molecule has 226 valence electrons. The van der Waals surface area contributed by atoms with Gasteiger partial charge < -0.3 is 19.5 Å². The van der Waals surface area contributed by atoms with Crippen molar-refractivity contribution < 1.29 is 45.7 Å². The first kappa shape index (κ1) is 30.7. The number of benzene rings is 1. The van der Waals surface area contributed by atoms with Gasteiger partial charge in [-0.3, -0.25) is 4.90 Å². The molecule has 2 atom stereocenters. The molecule has 2 aromatic heterocycles. The quantitative estimate of drug-likeness (QED) is 0.307. The van der Waals surface area contributed by atoms with E-state index in [1.807, 2.05) is 6.92 Å². The number of amides is 1. The van der Waals surface area contributed by atoms with Gasteiger partial charge in [-0.2, -0.15) is 26.3 Å². The molecule has 0 bridgehead atoms. The number of ether oxygens (including phenoxy) is 2. The van der Waals surface area contributed by atoms with Crippen LogP contribution in [0.4, 0.5) is 42.8 Å². The Morgan fingerprint density at radius 3 is 2.19 bits per heavy atom. The Morgan fingerprint density at radius 1 is 1.05 bits per heavy atom. The van der Waals surface area contributed by atoms with Crippen molar-refractivity contribution >= 4 is 17.7 Å². The summed E-state index contributed by atoms with van der Waals surface area (Å²) < 4.78 is 92.4. The predicted molar refractivity (Wildman–Crippen MR) is 138 cm³/mol. The molecule has 3 heterocycles. The van der Waals surface area contributed by atoms with Crippen LogP contribution in [0.1, 0.15) is 55.1 Å². The van der Waals surface area contributed by atoms with E-state index < -0.39 is 48.2 Å². The predicted octanol–water partition coefficient (Wildman–Crippen LogP) is 6.52. The number of aromatic hydroxyl groups is 1. The molecule has 15 heteroatoms. The molecule has 0 fully saturated rings. The maximum Gasteiger partial charge on any atom is 0.416 e. The first-order valence-electron chi connectivity index (χ1n) is 12.8. The molecule has 4 rings (SSSR count). The number of hydrogen-bond donors (Lipinski definition) is 1. The lowest BCUT2D eigenvalue weighted by atomic mass is 9.92. The first-order valence-corrected chi connectivity index (χ1v) is 12.8. The Kier molecular flexibility index (Phi) is 8.68. The number of halogens is 6. The minimum atomic E-state index is -5.05. The molecule has 1 amide bonds. The van der Waals surface area contributed by atoms with Gasteiger partial charge in [-0.15, -0.1) is 0 Å². The van der Waals surface area contributed by atoms with Crippen LogP contribution in [-0.2, 0) is 23.6 Å². The minimum Gasteiger partial charge on any atom is -0.505 e. The summed E-state index contributed by atoms with van der Waals surface area (Å²) in [7, 11) is 1.37. The van der Waals surface area contributed by atoms with Gasteiger partial charge in [-0.25, -0.2) is 19.7 Å². The number of fused-ring (bicyclic) bond motifs is 1. The fourth-order valence-corrected chi connectivity index (χ4v) is 4.84. The van der Waals surface area contributed by atoms with Crippen molar-refractivity contribution in [2.45, 2.75) is 57.7 Å². The molecule has 42 heavy (non-hydrogen) atoms. The Morgan fingerprint density at radius 2 is 1.67 bits per heavy atom. The van der Waals surface area contributed by atoms with Gasteiger partial charge in [0, 0.05) is 18.7 Å². The zero-order chi connectivity index (χ0) is 30.8. The highest BCUT2D eigenvalue weighted by atomic mass is 19.4. The topological polar surface area (TPSA) is 101 Å². The summed E-state index contributed by atoms with van der Waals surface area (Å²) in [4.78, 5) is 28.5. The third kappa shape index (κ3) is 6.44. The van der Waals surface area contributed by atoms with E-state index in [4.69, 9.17) is 9.47 Å². The molecule has 0 saturated heterocycles. The maximum absolute atomic E-state index is 13.6. The summed E-state index contributed by atoms with van der Waals surface area (Å²) >= 11 is 0. The fraction of sp³-hybridized carbons (Fsp3) is 0.407. The molecule has 0 spiro atoms. The average Bonchev–Trinajstić information content (AvgIpc) is 2.94. The van der Waals surface area contributed by atoms with Gasteiger partial charge >= 0.3 is 18.4 Å². The van der Waals surface area contributed by atoms with E-state index in [0.717, 1.165) is 12.4 Å². The lowest BCUT2D eigenvalue weighted by Gasteiger charge is -2.43. The SMILES string of the molecule is CCOC(=O)N1c2ccc(OC)nc2[C@@H](N(Cc2cc(C(F)(F)F)cc(C(F)(F)F)c2)c2ncc(O)cn2)C[C@H]1CC. The number of anilines is 2. The normalized spacial score (nSPS) is 17.0. The van der Waals surface area contributed by atoms with E-state index in [0.29, 0.717) is 24.2 Å². The van der Waals surface area contributed by atoms with Crippen molar-refractivity contribution in [2.75, 3.05) is 23.5 Å². The van der Waals surface area contributed by atoms with Gasteiger partial charge in [-0.05, 0) is 49.6 Å². The molecule has 9 nitrogen and oxygen atoms in total. The molecule has 0 radical (unpaired) electrons. The van der Waals surface area contributed by atoms with E-state index in [9.17, 15) is 36.2 Å². The van der Waals surface area contributed by atoms with Crippen LogP contribution in [0.2, 0.25) is 0 Å². The summed E-state index contributed by atoms with van der Waals surface area (Å²) in [6.07, 6.45) is -8.08. The number of carbonyl (C=O) groups excluding carboxylic acids is 1. The number of pyridine rings is 1. The van der Waals surface area contributed by atoms with Crippen molar-refractivity contribution in [1.82, 2.24) is 15.0 Å². The number of rotatable bonds is 7. The zero-order valence-corrected chi connectivity index (χ0v) is 22.7. The Hall–Kier alpha value is -4.30. The molecule has 0 unspecified atom stereocenters. The summed E-state index contributed by atoms with van der Waals surface area (Å²) in [6, 6.07) is 3.07.